The van der Waals surface area contributed by atoms with Gasteiger partial charge in [-0.05, 0) is 41.9 Å². The second-order valence-electron chi connectivity index (χ2n) is 12.4. The van der Waals surface area contributed by atoms with Crippen molar-refractivity contribution in [2.45, 2.75) is 90.3 Å². The molecule has 3 aliphatic carbocycles. The molecule has 2 bridgehead atoms. The van der Waals surface area contributed by atoms with E-state index in [0.29, 0.717) is 17.8 Å². The standard InChI is InChI=1S/C28H40O5/c1-15-12-19-26(5,14-33-19)23-21(17-10-8-7-9-11-17)28(32)13-18(29)16(2)20(25(28,3)4)22(30)24(31)27(15,23)6/h7-11,15,18-19,21-24,29-32H,12-14H2,1-6H3/t15-,18-,19+,21-,22+,23?,24-,26+,27+,28+/m0/s1. The smallest absolute Gasteiger partial charge is 0.102 e. The highest BCUT2D eigenvalue weighted by molar-refractivity contribution is 5.42. The van der Waals surface area contributed by atoms with Gasteiger partial charge in [0.05, 0.1) is 30.5 Å². The van der Waals surface area contributed by atoms with Crippen molar-refractivity contribution in [3.05, 3.63) is 47.0 Å². The summed E-state index contributed by atoms with van der Waals surface area (Å²) in [6.07, 6.45) is -2.00. The Morgan fingerprint density at radius 3 is 2.21 bits per heavy atom. The van der Waals surface area contributed by atoms with Gasteiger partial charge in [-0.2, -0.15) is 0 Å². The monoisotopic (exact) mass is 456 g/mol. The molecule has 5 rings (SSSR count). The summed E-state index contributed by atoms with van der Waals surface area (Å²) < 4.78 is 6.06. The van der Waals surface area contributed by atoms with Crippen LogP contribution in [-0.4, -0.2) is 57.0 Å². The molecule has 0 spiro atoms. The summed E-state index contributed by atoms with van der Waals surface area (Å²) in [4.78, 5) is 0. The fourth-order valence-corrected chi connectivity index (χ4v) is 8.53. The molecular weight excluding hydrogens is 416 g/mol. The van der Waals surface area contributed by atoms with E-state index in [9.17, 15) is 20.4 Å². The van der Waals surface area contributed by atoms with E-state index in [1.165, 1.54) is 0 Å². The number of rotatable bonds is 1. The number of hydrogen-bond donors (Lipinski definition) is 4. The van der Waals surface area contributed by atoms with Gasteiger partial charge in [-0.3, -0.25) is 0 Å². The molecule has 5 nitrogen and oxygen atoms in total. The first-order chi connectivity index (χ1) is 15.3. The highest BCUT2D eigenvalue weighted by atomic mass is 16.5. The third-order valence-electron chi connectivity index (χ3n) is 10.8. The Hall–Kier alpha value is -1.24. The van der Waals surface area contributed by atoms with Crippen LogP contribution in [0.15, 0.2) is 41.5 Å². The SMILES string of the molecule is CC1=C2[C@@H](O)[C@H](O)[C@@]3(C)C([C@H](c4ccccc4)[C@](O)(C[C@@H]1O)C2(C)C)[C@]1(C)CO[C@@H]1C[C@@H]3C. The third-order valence-corrected chi connectivity index (χ3v) is 10.8. The van der Waals surface area contributed by atoms with Crippen molar-refractivity contribution in [2.24, 2.45) is 28.1 Å². The molecule has 1 unspecified atom stereocenters. The summed E-state index contributed by atoms with van der Waals surface area (Å²) in [7, 11) is 0. The van der Waals surface area contributed by atoms with E-state index < -0.39 is 34.7 Å². The van der Waals surface area contributed by atoms with Crippen molar-refractivity contribution >= 4 is 0 Å². The van der Waals surface area contributed by atoms with Crippen molar-refractivity contribution in [1.82, 2.24) is 0 Å². The summed E-state index contributed by atoms with van der Waals surface area (Å²) in [6.45, 7) is 12.8. The molecule has 5 heteroatoms. The zero-order valence-electron chi connectivity index (χ0n) is 20.7. The van der Waals surface area contributed by atoms with E-state index in [0.717, 1.165) is 12.0 Å². The van der Waals surface area contributed by atoms with Crippen LogP contribution in [0.25, 0.3) is 0 Å². The molecular formula is C28H40O5. The lowest BCUT2D eigenvalue weighted by atomic mass is 9.38. The molecule has 1 heterocycles. The van der Waals surface area contributed by atoms with Crippen LogP contribution in [0.4, 0.5) is 0 Å². The summed E-state index contributed by atoms with van der Waals surface area (Å²) >= 11 is 0. The molecule has 1 aromatic carbocycles. The van der Waals surface area contributed by atoms with E-state index in [4.69, 9.17) is 4.74 Å². The van der Waals surface area contributed by atoms with Gasteiger partial charge in [0, 0.05) is 28.6 Å². The largest absolute Gasteiger partial charge is 0.389 e. The normalized spacial score (nSPS) is 51.0. The number of benzene rings is 1. The fourth-order valence-electron chi connectivity index (χ4n) is 8.53. The summed E-state index contributed by atoms with van der Waals surface area (Å²) in [5.41, 5.74) is -0.822. The van der Waals surface area contributed by atoms with Gasteiger partial charge in [-0.25, -0.2) is 0 Å². The number of aliphatic hydroxyl groups is 4. The lowest BCUT2D eigenvalue weighted by molar-refractivity contribution is -0.309. The third kappa shape index (κ3) is 2.72. The Morgan fingerprint density at radius 1 is 1.00 bits per heavy atom. The van der Waals surface area contributed by atoms with Gasteiger partial charge in [0.25, 0.3) is 0 Å². The van der Waals surface area contributed by atoms with Gasteiger partial charge in [-0.15, -0.1) is 0 Å². The van der Waals surface area contributed by atoms with Gasteiger partial charge >= 0.3 is 0 Å². The topological polar surface area (TPSA) is 90.2 Å². The minimum Gasteiger partial charge on any atom is -0.389 e. The van der Waals surface area contributed by atoms with E-state index in [-0.39, 0.29) is 35.7 Å². The number of fused-ring (bicyclic) bond motifs is 5. The van der Waals surface area contributed by atoms with Crippen LogP contribution in [0.5, 0.6) is 0 Å². The Labute approximate surface area is 197 Å². The lowest BCUT2D eigenvalue weighted by Gasteiger charge is -2.71. The predicted molar refractivity (Wildman–Crippen MR) is 126 cm³/mol. The highest BCUT2D eigenvalue weighted by Crippen LogP contribution is 2.70. The number of ether oxygens (including phenoxy) is 1. The molecule has 1 saturated heterocycles. The second kappa shape index (κ2) is 7.14. The summed E-state index contributed by atoms with van der Waals surface area (Å²) in [5, 5.41) is 47.6. The quantitative estimate of drug-likeness (QED) is 0.486. The predicted octanol–water partition coefficient (Wildman–Crippen LogP) is 3.41. The van der Waals surface area contributed by atoms with E-state index in [2.05, 4.69) is 32.9 Å². The molecule has 33 heavy (non-hydrogen) atoms. The second-order valence-corrected chi connectivity index (χ2v) is 12.4. The number of hydrogen-bond acceptors (Lipinski definition) is 5. The van der Waals surface area contributed by atoms with Gasteiger partial charge in [-0.1, -0.05) is 65.0 Å². The van der Waals surface area contributed by atoms with Crippen molar-refractivity contribution < 1.29 is 25.2 Å². The van der Waals surface area contributed by atoms with Gasteiger partial charge in [0.15, 0.2) is 0 Å². The van der Waals surface area contributed by atoms with Crippen molar-refractivity contribution in [3.63, 3.8) is 0 Å². The van der Waals surface area contributed by atoms with Crippen LogP contribution in [0.3, 0.4) is 0 Å². The summed E-state index contributed by atoms with van der Waals surface area (Å²) in [5.74, 6) is -0.429. The molecule has 0 radical (unpaired) electrons. The Balaban J connectivity index is 1.87. The van der Waals surface area contributed by atoms with Crippen LogP contribution in [-0.2, 0) is 4.74 Å². The minimum atomic E-state index is -1.32. The average molecular weight is 457 g/mol. The van der Waals surface area contributed by atoms with Crippen LogP contribution < -0.4 is 0 Å². The molecule has 0 aromatic heterocycles. The van der Waals surface area contributed by atoms with Crippen molar-refractivity contribution in [3.8, 4) is 0 Å². The Kier molecular flexibility index (Phi) is 5.09. The van der Waals surface area contributed by atoms with E-state index >= 15 is 0 Å². The zero-order chi connectivity index (χ0) is 24.1. The van der Waals surface area contributed by atoms with Crippen molar-refractivity contribution in [2.75, 3.05) is 6.61 Å². The first-order valence-electron chi connectivity index (χ1n) is 12.5. The van der Waals surface area contributed by atoms with E-state index in [1.54, 1.807) is 0 Å². The summed E-state index contributed by atoms with van der Waals surface area (Å²) in [6, 6.07) is 10.1. The molecule has 4 N–H and O–H groups in total. The van der Waals surface area contributed by atoms with Crippen molar-refractivity contribution in [1.29, 1.82) is 0 Å². The first-order valence-corrected chi connectivity index (χ1v) is 12.5. The molecule has 1 aliphatic heterocycles. The molecule has 1 aromatic rings. The maximum Gasteiger partial charge on any atom is 0.102 e. The molecule has 0 amide bonds. The first kappa shape index (κ1) is 23.5. The average Bonchev–Trinajstić information content (AvgIpc) is 2.76. The van der Waals surface area contributed by atoms with Gasteiger partial charge < -0.3 is 25.2 Å². The Bertz CT molecular complexity index is 972. The van der Waals surface area contributed by atoms with Crippen LogP contribution in [0.2, 0.25) is 0 Å². The molecule has 182 valence electrons. The van der Waals surface area contributed by atoms with Gasteiger partial charge in [0.2, 0.25) is 0 Å². The molecule has 2 saturated carbocycles. The fraction of sp³-hybridized carbons (Fsp3) is 0.714. The lowest BCUT2D eigenvalue weighted by Crippen LogP contribution is -2.74. The zero-order valence-corrected chi connectivity index (χ0v) is 20.7. The van der Waals surface area contributed by atoms with Crippen LogP contribution in [0.1, 0.15) is 65.9 Å². The van der Waals surface area contributed by atoms with Crippen LogP contribution in [0, 0.1) is 28.1 Å². The highest BCUT2D eigenvalue weighted by Gasteiger charge is 2.72. The van der Waals surface area contributed by atoms with E-state index in [1.807, 2.05) is 39.0 Å². The molecule has 4 aliphatic rings. The molecule has 3 fully saturated rings. The van der Waals surface area contributed by atoms with Crippen LogP contribution >= 0.6 is 0 Å². The number of aliphatic hydroxyl groups excluding tert-OH is 3. The minimum absolute atomic E-state index is 0.0533. The van der Waals surface area contributed by atoms with Gasteiger partial charge in [0.1, 0.15) is 6.10 Å². The molecule has 10 atom stereocenters. The Morgan fingerprint density at radius 2 is 1.64 bits per heavy atom. The maximum atomic E-state index is 12.8. The maximum absolute atomic E-state index is 12.8.